The molecule has 2 heteroatoms. The van der Waals surface area contributed by atoms with Crippen LogP contribution in [0.3, 0.4) is 0 Å². The Labute approximate surface area is 109 Å². The van der Waals surface area contributed by atoms with Gasteiger partial charge >= 0.3 is 0 Å². The van der Waals surface area contributed by atoms with E-state index >= 15 is 0 Å². The van der Waals surface area contributed by atoms with Crippen molar-refractivity contribution in [2.75, 3.05) is 6.66 Å². The Morgan fingerprint density at radius 2 is 1.39 bits per heavy atom. The Kier molecular flexibility index (Phi) is 3.45. The molecule has 0 aliphatic carbocycles. The zero-order valence-corrected chi connectivity index (χ0v) is 12.3. The quantitative estimate of drug-likeness (QED) is 0.753. The lowest BCUT2D eigenvalue weighted by molar-refractivity contribution is 0.590. The Balaban J connectivity index is 2.66. The van der Waals surface area contributed by atoms with Gasteiger partial charge in [0, 0.05) is 10.6 Å². The van der Waals surface area contributed by atoms with Gasteiger partial charge in [0.05, 0.1) is 0 Å². The summed E-state index contributed by atoms with van der Waals surface area (Å²) in [5, 5.41) is 1.94. The van der Waals surface area contributed by atoms with E-state index in [1.165, 1.54) is 5.56 Å². The van der Waals surface area contributed by atoms with Crippen LogP contribution in [-0.4, -0.2) is 6.66 Å². The van der Waals surface area contributed by atoms with E-state index < -0.39 is 7.14 Å². The highest BCUT2D eigenvalue weighted by molar-refractivity contribution is 7.78. The first-order valence-corrected chi connectivity index (χ1v) is 8.30. The van der Waals surface area contributed by atoms with Gasteiger partial charge in [-0.15, -0.1) is 0 Å². The van der Waals surface area contributed by atoms with Gasteiger partial charge in [-0.05, 0) is 38.6 Å². The summed E-state index contributed by atoms with van der Waals surface area (Å²) in [6.45, 7) is 8.04. The first kappa shape index (κ1) is 13.1. The third kappa shape index (κ3) is 2.28. The van der Waals surface area contributed by atoms with Crippen LogP contribution in [0.25, 0.3) is 0 Å². The van der Waals surface area contributed by atoms with Gasteiger partial charge in [0.15, 0.2) is 0 Å². The highest BCUT2D eigenvalue weighted by Gasteiger charge is 2.24. The van der Waals surface area contributed by atoms with Crippen molar-refractivity contribution in [3.63, 3.8) is 0 Å². The second-order valence-electron chi connectivity index (χ2n) is 5.01. The van der Waals surface area contributed by atoms with Crippen LogP contribution in [0, 0.1) is 20.8 Å². The van der Waals surface area contributed by atoms with Gasteiger partial charge in [-0.3, -0.25) is 0 Å². The maximum atomic E-state index is 13.2. The van der Waals surface area contributed by atoms with Gasteiger partial charge in [0.1, 0.15) is 7.14 Å². The van der Waals surface area contributed by atoms with Crippen molar-refractivity contribution in [3.05, 3.63) is 59.2 Å². The summed E-state index contributed by atoms with van der Waals surface area (Å²) in [6, 6.07) is 14.0. The van der Waals surface area contributed by atoms with E-state index in [0.717, 1.165) is 21.7 Å². The molecule has 1 atom stereocenters. The topological polar surface area (TPSA) is 17.1 Å². The SMILES string of the molecule is Cc1cc(C)c([P@@](C)(=O)c2ccccc2)c(C)c1. The van der Waals surface area contributed by atoms with Crippen molar-refractivity contribution >= 4 is 17.8 Å². The minimum absolute atomic E-state index is 0.931. The zero-order valence-electron chi connectivity index (χ0n) is 11.4. The fourth-order valence-corrected chi connectivity index (χ4v) is 5.16. The van der Waals surface area contributed by atoms with Crippen molar-refractivity contribution in [2.45, 2.75) is 20.8 Å². The minimum Gasteiger partial charge on any atom is -0.314 e. The van der Waals surface area contributed by atoms with Crippen molar-refractivity contribution < 1.29 is 4.57 Å². The van der Waals surface area contributed by atoms with Crippen molar-refractivity contribution in [2.24, 2.45) is 0 Å². The second kappa shape index (κ2) is 4.74. The predicted molar refractivity (Wildman–Crippen MR) is 79.9 cm³/mol. The van der Waals surface area contributed by atoms with Gasteiger partial charge in [-0.2, -0.15) is 0 Å². The second-order valence-corrected chi connectivity index (χ2v) is 7.82. The minimum atomic E-state index is -2.49. The Morgan fingerprint density at radius 3 is 1.89 bits per heavy atom. The summed E-state index contributed by atoms with van der Waals surface area (Å²) in [5.74, 6) is 0. The molecule has 0 saturated heterocycles. The Morgan fingerprint density at radius 1 is 0.889 bits per heavy atom. The molecule has 0 saturated carbocycles. The number of aryl methyl sites for hydroxylation is 3. The van der Waals surface area contributed by atoms with Crippen molar-refractivity contribution in [1.29, 1.82) is 0 Å². The molecule has 0 spiro atoms. The van der Waals surface area contributed by atoms with Crippen LogP contribution in [0.4, 0.5) is 0 Å². The number of hydrogen-bond acceptors (Lipinski definition) is 1. The molecule has 0 aromatic heterocycles. The molecule has 2 rings (SSSR count). The average molecular weight is 258 g/mol. The fourth-order valence-electron chi connectivity index (χ4n) is 2.69. The summed E-state index contributed by atoms with van der Waals surface area (Å²) in [7, 11) is -2.49. The molecule has 18 heavy (non-hydrogen) atoms. The van der Waals surface area contributed by atoms with Gasteiger partial charge in [0.2, 0.25) is 0 Å². The summed E-state index contributed by atoms with van der Waals surface area (Å²) in [6.07, 6.45) is 0. The summed E-state index contributed by atoms with van der Waals surface area (Å²) in [5.41, 5.74) is 3.48. The number of rotatable bonds is 2. The molecule has 0 unspecified atom stereocenters. The normalized spacial score (nSPS) is 14.2. The molecule has 0 aliphatic rings. The van der Waals surface area contributed by atoms with E-state index in [4.69, 9.17) is 0 Å². The molecule has 0 N–H and O–H groups in total. The summed E-state index contributed by atoms with van der Waals surface area (Å²) >= 11 is 0. The van der Waals surface area contributed by atoms with Crippen LogP contribution in [0.1, 0.15) is 16.7 Å². The summed E-state index contributed by atoms with van der Waals surface area (Å²) in [4.78, 5) is 0. The monoisotopic (exact) mass is 258 g/mol. The Bertz CT molecular complexity index is 591. The molecule has 0 radical (unpaired) electrons. The van der Waals surface area contributed by atoms with E-state index in [1.807, 2.05) is 37.0 Å². The molecule has 2 aromatic carbocycles. The van der Waals surface area contributed by atoms with Gasteiger partial charge in [0.25, 0.3) is 0 Å². The average Bonchev–Trinajstić information content (AvgIpc) is 2.28. The fraction of sp³-hybridized carbons (Fsp3) is 0.250. The van der Waals surface area contributed by atoms with Crippen LogP contribution in [-0.2, 0) is 4.57 Å². The lowest BCUT2D eigenvalue weighted by Crippen LogP contribution is -2.20. The molecule has 0 bridgehead atoms. The molecule has 94 valence electrons. The number of benzene rings is 2. The molecule has 0 aliphatic heterocycles. The molecule has 0 fully saturated rings. The molecule has 0 heterocycles. The first-order chi connectivity index (χ1) is 8.43. The lowest BCUT2D eigenvalue weighted by Gasteiger charge is -2.19. The Hall–Kier alpha value is -1.33. The van der Waals surface area contributed by atoms with Crippen molar-refractivity contribution in [3.8, 4) is 0 Å². The number of hydrogen-bond donors (Lipinski definition) is 0. The van der Waals surface area contributed by atoms with Gasteiger partial charge < -0.3 is 4.57 Å². The highest BCUT2D eigenvalue weighted by Crippen LogP contribution is 2.41. The van der Waals surface area contributed by atoms with Crippen LogP contribution in [0.5, 0.6) is 0 Å². The zero-order chi connectivity index (χ0) is 13.3. The third-order valence-corrected chi connectivity index (χ3v) is 6.15. The van der Waals surface area contributed by atoms with E-state index in [9.17, 15) is 4.57 Å². The van der Waals surface area contributed by atoms with Gasteiger partial charge in [-0.1, -0.05) is 48.0 Å². The molecule has 1 nitrogen and oxygen atoms in total. The van der Waals surface area contributed by atoms with Crippen molar-refractivity contribution in [1.82, 2.24) is 0 Å². The molecule has 0 amide bonds. The lowest BCUT2D eigenvalue weighted by atomic mass is 10.1. The van der Waals surface area contributed by atoms with Crippen LogP contribution in [0.2, 0.25) is 0 Å². The molecular formula is C16H19OP. The van der Waals surface area contributed by atoms with E-state index in [1.54, 1.807) is 0 Å². The first-order valence-electron chi connectivity index (χ1n) is 6.14. The van der Waals surface area contributed by atoms with Crippen LogP contribution in [0.15, 0.2) is 42.5 Å². The van der Waals surface area contributed by atoms with E-state index in [0.29, 0.717) is 0 Å². The van der Waals surface area contributed by atoms with E-state index in [-0.39, 0.29) is 0 Å². The smallest absolute Gasteiger partial charge is 0.140 e. The molecular weight excluding hydrogens is 239 g/mol. The maximum Gasteiger partial charge on any atom is 0.140 e. The highest BCUT2D eigenvalue weighted by atomic mass is 31.2. The van der Waals surface area contributed by atoms with Crippen LogP contribution < -0.4 is 10.6 Å². The molecule has 2 aromatic rings. The standard InChI is InChI=1S/C16H19OP/c1-12-10-13(2)16(14(3)11-12)18(4,17)15-8-6-5-7-9-15/h5-11H,1-4H3/t18-/m0/s1. The third-order valence-electron chi connectivity index (χ3n) is 3.31. The van der Waals surface area contributed by atoms with Gasteiger partial charge in [-0.25, -0.2) is 0 Å². The van der Waals surface area contributed by atoms with E-state index in [2.05, 4.69) is 32.9 Å². The largest absolute Gasteiger partial charge is 0.314 e. The van der Waals surface area contributed by atoms with Crippen LogP contribution >= 0.6 is 7.14 Å². The summed E-state index contributed by atoms with van der Waals surface area (Å²) < 4.78 is 13.2. The maximum absolute atomic E-state index is 13.2. The predicted octanol–water partition coefficient (Wildman–Crippen LogP) is 3.56.